The van der Waals surface area contributed by atoms with E-state index in [1.165, 1.54) is 6.07 Å². The molecule has 0 unspecified atom stereocenters. The fraction of sp³-hybridized carbons (Fsp3) is 0.200. The van der Waals surface area contributed by atoms with E-state index in [0.717, 1.165) is 5.56 Å². The molecule has 3 rings (SSSR count). The van der Waals surface area contributed by atoms with Crippen molar-refractivity contribution in [3.05, 3.63) is 76.1 Å². The van der Waals surface area contributed by atoms with Crippen LogP contribution in [-0.4, -0.2) is 18.6 Å². The van der Waals surface area contributed by atoms with Gasteiger partial charge in [0.1, 0.15) is 0 Å². The monoisotopic (exact) mass is 383 g/mol. The maximum atomic E-state index is 12.9. The molecular formula is C20H21N3O3S. The largest absolute Gasteiger partial charge is 0.280 e. The minimum Gasteiger partial charge on any atom is -0.280 e. The SMILES string of the molecule is Cc1ccc(-c2ccc(=O)[nH]n2)cc1S(=O)(=O)Nc1ccc(C(C)C)cc1. The van der Waals surface area contributed by atoms with Gasteiger partial charge in [-0.15, -0.1) is 0 Å². The van der Waals surface area contributed by atoms with Gasteiger partial charge in [0.05, 0.1) is 10.6 Å². The standard InChI is InChI=1S/C20H21N3O3S/c1-13(2)15-6-8-17(9-7-15)23-27(25,26)19-12-16(5-4-14(19)3)18-10-11-20(24)22-21-18/h4-13,23H,1-3H3,(H,22,24). The predicted molar refractivity (Wildman–Crippen MR) is 106 cm³/mol. The zero-order chi connectivity index (χ0) is 19.6. The number of anilines is 1. The Kier molecular flexibility index (Phi) is 5.14. The van der Waals surface area contributed by atoms with E-state index >= 15 is 0 Å². The molecule has 27 heavy (non-hydrogen) atoms. The van der Waals surface area contributed by atoms with Crippen molar-refractivity contribution in [2.24, 2.45) is 0 Å². The Morgan fingerprint density at radius 2 is 1.70 bits per heavy atom. The highest BCUT2D eigenvalue weighted by atomic mass is 32.2. The van der Waals surface area contributed by atoms with Crippen molar-refractivity contribution in [1.82, 2.24) is 10.2 Å². The van der Waals surface area contributed by atoms with Crippen molar-refractivity contribution in [2.75, 3.05) is 4.72 Å². The van der Waals surface area contributed by atoms with E-state index in [0.29, 0.717) is 28.4 Å². The van der Waals surface area contributed by atoms with Crippen LogP contribution in [0.5, 0.6) is 0 Å². The first-order chi connectivity index (χ1) is 12.8. The second kappa shape index (κ2) is 7.36. The molecule has 1 aromatic heterocycles. The van der Waals surface area contributed by atoms with E-state index in [4.69, 9.17) is 0 Å². The van der Waals surface area contributed by atoms with Crippen LogP contribution < -0.4 is 10.3 Å². The minimum absolute atomic E-state index is 0.168. The Labute approximate surface area is 158 Å². The lowest BCUT2D eigenvalue weighted by atomic mass is 10.0. The van der Waals surface area contributed by atoms with Crippen LogP contribution in [-0.2, 0) is 10.0 Å². The lowest BCUT2D eigenvalue weighted by molar-refractivity contribution is 0.600. The van der Waals surface area contributed by atoms with E-state index in [2.05, 4.69) is 28.8 Å². The summed E-state index contributed by atoms with van der Waals surface area (Å²) in [5.41, 5.74) is 3.05. The Balaban J connectivity index is 1.94. The van der Waals surface area contributed by atoms with Gasteiger partial charge in [-0.05, 0) is 48.2 Å². The Bertz CT molecular complexity index is 1100. The summed E-state index contributed by atoms with van der Waals surface area (Å²) in [5.74, 6) is 0.374. The van der Waals surface area contributed by atoms with Crippen molar-refractivity contribution in [1.29, 1.82) is 0 Å². The summed E-state index contributed by atoms with van der Waals surface area (Å²) in [5, 5.41) is 6.31. The summed E-state index contributed by atoms with van der Waals surface area (Å²) in [4.78, 5) is 11.3. The van der Waals surface area contributed by atoms with E-state index < -0.39 is 10.0 Å². The number of nitrogens with one attached hydrogen (secondary N) is 2. The highest BCUT2D eigenvalue weighted by Gasteiger charge is 2.18. The number of nitrogens with zero attached hydrogens (tertiary/aromatic N) is 1. The zero-order valence-electron chi connectivity index (χ0n) is 15.4. The van der Waals surface area contributed by atoms with Crippen molar-refractivity contribution in [2.45, 2.75) is 31.6 Å². The molecule has 0 aliphatic heterocycles. The van der Waals surface area contributed by atoms with E-state index in [-0.39, 0.29) is 10.5 Å². The predicted octanol–water partition coefficient (Wildman–Crippen LogP) is 3.67. The van der Waals surface area contributed by atoms with Crippen molar-refractivity contribution >= 4 is 15.7 Å². The van der Waals surface area contributed by atoms with Crippen LogP contribution in [0, 0.1) is 6.92 Å². The highest BCUT2D eigenvalue weighted by molar-refractivity contribution is 7.92. The fourth-order valence-corrected chi connectivity index (χ4v) is 4.03. The number of aryl methyl sites for hydroxylation is 1. The van der Waals surface area contributed by atoms with Gasteiger partial charge in [-0.1, -0.05) is 38.1 Å². The smallest absolute Gasteiger partial charge is 0.264 e. The Morgan fingerprint density at radius 1 is 1.00 bits per heavy atom. The molecule has 3 aromatic rings. The molecule has 0 fully saturated rings. The molecule has 2 aromatic carbocycles. The molecule has 0 aliphatic rings. The maximum Gasteiger partial charge on any atom is 0.264 e. The molecule has 0 atom stereocenters. The first-order valence-corrected chi connectivity index (χ1v) is 10.0. The number of hydrogen-bond donors (Lipinski definition) is 2. The minimum atomic E-state index is -3.77. The normalized spacial score (nSPS) is 11.6. The molecular weight excluding hydrogens is 362 g/mol. The summed E-state index contributed by atoms with van der Waals surface area (Å²) < 4.78 is 28.4. The lowest BCUT2D eigenvalue weighted by Gasteiger charge is -2.13. The summed E-state index contributed by atoms with van der Waals surface area (Å²) in [6.07, 6.45) is 0. The van der Waals surface area contributed by atoms with Crippen LogP contribution >= 0.6 is 0 Å². The van der Waals surface area contributed by atoms with Gasteiger partial charge < -0.3 is 0 Å². The zero-order valence-corrected chi connectivity index (χ0v) is 16.2. The summed E-state index contributed by atoms with van der Waals surface area (Å²) in [7, 11) is -3.77. The van der Waals surface area contributed by atoms with Gasteiger partial charge in [0, 0.05) is 17.3 Å². The first kappa shape index (κ1) is 18.8. The number of aromatic amines is 1. The van der Waals surface area contributed by atoms with Gasteiger partial charge in [0.25, 0.3) is 15.6 Å². The average Bonchev–Trinajstić information content (AvgIpc) is 2.63. The summed E-state index contributed by atoms with van der Waals surface area (Å²) in [6.45, 7) is 5.90. The molecule has 2 N–H and O–H groups in total. The number of hydrogen-bond acceptors (Lipinski definition) is 4. The van der Waals surface area contributed by atoms with Gasteiger partial charge in [-0.3, -0.25) is 9.52 Å². The maximum absolute atomic E-state index is 12.9. The van der Waals surface area contributed by atoms with Crippen LogP contribution in [0.1, 0.15) is 30.9 Å². The number of aromatic nitrogens is 2. The fourth-order valence-electron chi connectivity index (χ4n) is 2.70. The molecule has 0 amide bonds. The molecule has 0 aliphatic carbocycles. The van der Waals surface area contributed by atoms with Crippen LogP contribution in [0.4, 0.5) is 5.69 Å². The molecule has 0 radical (unpaired) electrons. The third-order valence-corrected chi connectivity index (χ3v) is 5.81. The van der Waals surface area contributed by atoms with Crippen LogP contribution in [0.3, 0.4) is 0 Å². The quantitative estimate of drug-likeness (QED) is 0.703. The van der Waals surface area contributed by atoms with Gasteiger partial charge in [-0.2, -0.15) is 5.10 Å². The van der Waals surface area contributed by atoms with E-state index in [1.807, 2.05) is 12.1 Å². The van der Waals surface area contributed by atoms with Crippen LogP contribution in [0.15, 0.2) is 64.3 Å². The number of rotatable bonds is 5. The molecule has 1 heterocycles. The number of H-pyrrole nitrogens is 1. The van der Waals surface area contributed by atoms with Gasteiger partial charge in [0.2, 0.25) is 0 Å². The van der Waals surface area contributed by atoms with Crippen molar-refractivity contribution in [3.63, 3.8) is 0 Å². The molecule has 0 spiro atoms. The highest BCUT2D eigenvalue weighted by Crippen LogP contribution is 2.25. The van der Waals surface area contributed by atoms with Gasteiger partial charge >= 0.3 is 0 Å². The summed E-state index contributed by atoms with van der Waals surface area (Å²) in [6, 6.07) is 15.3. The third kappa shape index (κ3) is 4.25. The van der Waals surface area contributed by atoms with Crippen molar-refractivity contribution < 1.29 is 8.42 Å². The van der Waals surface area contributed by atoms with Crippen LogP contribution in [0.2, 0.25) is 0 Å². The van der Waals surface area contributed by atoms with E-state index in [9.17, 15) is 13.2 Å². The topological polar surface area (TPSA) is 91.9 Å². The third-order valence-electron chi connectivity index (χ3n) is 4.28. The second-order valence-corrected chi connectivity index (χ2v) is 8.32. The molecule has 0 bridgehead atoms. The summed E-state index contributed by atoms with van der Waals surface area (Å²) >= 11 is 0. The number of sulfonamides is 1. The molecule has 6 nitrogen and oxygen atoms in total. The Morgan fingerprint density at radius 3 is 2.30 bits per heavy atom. The average molecular weight is 383 g/mol. The number of benzene rings is 2. The van der Waals surface area contributed by atoms with Crippen molar-refractivity contribution in [3.8, 4) is 11.3 Å². The van der Waals surface area contributed by atoms with Crippen LogP contribution in [0.25, 0.3) is 11.3 Å². The van der Waals surface area contributed by atoms with Gasteiger partial charge in [0.15, 0.2) is 0 Å². The second-order valence-electron chi connectivity index (χ2n) is 6.67. The molecule has 0 saturated heterocycles. The first-order valence-electron chi connectivity index (χ1n) is 8.56. The molecule has 140 valence electrons. The van der Waals surface area contributed by atoms with Gasteiger partial charge in [-0.25, -0.2) is 13.5 Å². The molecule has 0 saturated carbocycles. The Hall–Kier alpha value is -2.93. The van der Waals surface area contributed by atoms with E-state index in [1.54, 1.807) is 43.3 Å². The lowest BCUT2D eigenvalue weighted by Crippen LogP contribution is -2.14. The molecule has 7 heteroatoms.